The van der Waals surface area contributed by atoms with E-state index >= 15 is 0 Å². The van der Waals surface area contributed by atoms with Crippen LogP contribution in [0.2, 0.25) is 0 Å². The lowest BCUT2D eigenvalue weighted by Crippen LogP contribution is -2.25. The quantitative estimate of drug-likeness (QED) is 0.666. The second-order valence-electron chi connectivity index (χ2n) is 3.54. The van der Waals surface area contributed by atoms with Gasteiger partial charge in [0, 0.05) is 5.69 Å². The van der Waals surface area contributed by atoms with Crippen molar-refractivity contribution in [3.05, 3.63) is 29.3 Å². The number of ether oxygens (including phenoxy) is 1. The van der Waals surface area contributed by atoms with Crippen molar-refractivity contribution in [1.82, 2.24) is 0 Å². The lowest BCUT2D eigenvalue weighted by Gasteiger charge is -2.11. The zero-order valence-electron chi connectivity index (χ0n) is 10.2. The van der Waals surface area contributed by atoms with E-state index in [2.05, 4.69) is 4.74 Å². The summed E-state index contributed by atoms with van der Waals surface area (Å²) in [5.74, 6) is -2.39. The van der Waals surface area contributed by atoms with Crippen molar-refractivity contribution < 1.29 is 27.5 Å². The number of anilines is 1. The van der Waals surface area contributed by atoms with Crippen molar-refractivity contribution in [2.75, 3.05) is 11.9 Å². The van der Waals surface area contributed by atoms with E-state index in [0.717, 1.165) is 12.1 Å². The van der Waals surface area contributed by atoms with Gasteiger partial charge < -0.3 is 10.1 Å². The smallest absolute Gasteiger partial charge is 0.417 e. The minimum atomic E-state index is -4.74. The van der Waals surface area contributed by atoms with E-state index in [1.165, 1.54) is 13.0 Å². The van der Waals surface area contributed by atoms with E-state index in [1.807, 2.05) is 5.32 Å². The van der Waals surface area contributed by atoms with E-state index in [1.54, 1.807) is 0 Å². The van der Waals surface area contributed by atoms with Gasteiger partial charge in [0.2, 0.25) is 0 Å². The third kappa shape index (κ3) is 3.71. The molecule has 0 radical (unpaired) electrons. The summed E-state index contributed by atoms with van der Waals surface area (Å²) in [7, 11) is 0. The van der Waals surface area contributed by atoms with Crippen LogP contribution in [0.5, 0.6) is 0 Å². The van der Waals surface area contributed by atoms with E-state index in [0.29, 0.717) is 6.07 Å². The fourth-order valence-electron chi connectivity index (χ4n) is 1.33. The summed E-state index contributed by atoms with van der Waals surface area (Å²) in [5, 5.41) is 10.6. The molecule has 0 atom stereocenters. The lowest BCUT2D eigenvalue weighted by molar-refractivity contribution is -0.152. The molecule has 5 nitrogen and oxygen atoms in total. The number of carbonyl (C=O) groups is 2. The monoisotopic (exact) mass is 286 g/mol. The van der Waals surface area contributed by atoms with E-state index < -0.39 is 29.2 Å². The summed E-state index contributed by atoms with van der Waals surface area (Å²) >= 11 is 0. The fourth-order valence-corrected chi connectivity index (χ4v) is 1.33. The summed E-state index contributed by atoms with van der Waals surface area (Å²) in [4.78, 5) is 22.3. The van der Waals surface area contributed by atoms with Gasteiger partial charge in [-0.15, -0.1) is 0 Å². The highest BCUT2D eigenvalue weighted by molar-refractivity contribution is 6.37. The van der Waals surface area contributed by atoms with Crippen LogP contribution in [0.3, 0.4) is 0 Å². The van der Waals surface area contributed by atoms with Crippen molar-refractivity contribution in [2.45, 2.75) is 13.1 Å². The molecule has 1 N–H and O–H groups in total. The maximum absolute atomic E-state index is 12.7. The van der Waals surface area contributed by atoms with Gasteiger partial charge in [-0.25, -0.2) is 4.79 Å². The molecule has 0 aromatic heterocycles. The van der Waals surface area contributed by atoms with Gasteiger partial charge >= 0.3 is 18.1 Å². The predicted molar refractivity (Wildman–Crippen MR) is 61.4 cm³/mol. The topological polar surface area (TPSA) is 79.2 Å². The number of alkyl halides is 3. The van der Waals surface area contributed by atoms with E-state index in [4.69, 9.17) is 5.26 Å². The zero-order valence-corrected chi connectivity index (χ0v) is 10.2. The molecule has 0 aliphatic rings. The Hall–Kier alpha value is -2.56. The Bertz CT molecular complexity index is 576. The van der Waals surface area contributed by atoms with Crippen molar-refractivity contribution >= 4 is 17.6 Å². The molecule has 0 heterocycles. The Balaban J connectivity index is 3.02. The summed E-state index contributed by atoms with van der Waals surface area (Å²) in [5.41, 5.74) is -2.03. The summed E-state index contributed by atoms with van der Waals surface area (Å²) in [6, 6.07) is 3.97. The minimum absolute atomic E-state index is 0.0343. The van der Waals surface area contributed by atoms with Crippen molar-refractivity contribution in [3.8, 4) is 6.07 Å². The number of halogens is 3. The van der Waals surface area contributed by atoms with Crippen LogP contribution in [0.25, 0.3) is 0 Å². The highest BCUT2D eigenvalue weighted by Crippen LogP contribution is 2.33. The number of hydrogen-bond donors (Lipinski definition) is 1. The van der Waals surface area contributed by atoms with Crippen LogP contribution >= 0.6 is 0 Å². The van der Waals surface area contributed by atoms with Crippen LogP contribution in [-0.4, -0.2) is 18.5 Å². The Morgan fingerprint density at radius 1 is 1.40 bits per heavy atom. The van der Waals surface area contributed by atoms with Gasteiger partial charge in [-0.05, 0) is 25.1 Å². The highest BCUT2D eigenvalue weighted by Gasteiger charge is 2.34. The second kappa shape index (κ2) is 6.06. The Morgan fingerprint density at radius 3 is 2.55 bits per heavy atom. The van der Waals surface area contributed by atoms with E-state index in [-0.39, 0.29) is 12.3 Å². The summed E-state index contributed by atoms with van der Waals surface area (Å²) in [6.45, 7) is 1.45. The molecule has 8 heteroatoms. The molecule has 1 rings (SSSR count). The van der Waals surface area contributed by atoms with Gasteiger partial charge in [0.05, 0.1) is 23.8 Å². The minimum Gasteiger partial charge on any atom is -0.459 e. The molecule has 106 valence electrons. The maximum Gasteiger partial charge on any atom is 0.417 e. The first-order valence-corrected chi connectivity index (χ1v) is 5.39. The van der Waals surface area contributed by atoms with Crippen LogP contribution in [0, 0.1) is 11.3 Å². The van der Waals surface area contributed by atoms with Gasteiger partial charge in [-0.1, -0.05) is 0 Å². The molecule has 0 bridgehead atoms. The average Bonchev–Trinajstić information content (AvgIpc) is 2.37. The number of nitrogens with one attached hydrogen (secondary N) is 1. The van der Waals surface area contributed by atoms with Gasteiger partial charge in [0.1, 0.15) is 0 Å². The standard InChI is InChI=1S/C12H9F3N2O3/c1-2-20-11(19)10(18)17-8-4-3-7(6-16)9(5-8)12(13,14)15/h3-5H,2H2,1H3,(H,17,18). The maximum atomic E-state index is 12.7. The first kappa shape index (κ1) is 15.5. The molecule has 0 saturated heterocycles. The Labute approximate surface area is 111 Å². The zero-order chi connectivity index (χ0) is 15.3. The van der Waals surface area contributed by atoms with Crippen LogP contribution < -0.4 is 5.32 Å². The predicted octanol–water partition coefficient (Wildman–Crippen LogP) is 2.08. The Morgan fingerprint density at radius 2 is 2.05 bits per heavy atom. The summed E-state index contributed by atoms with van der Waals surface area (Å²) < 4.78 is 42.4. The first-order chi connectivity index (χ1) is 9.29. The third-order valence-electron chi connectivity index (χ3n) is 2.16. The summed E-state index contributed by atoms with van der Waals surface area (Å²) in [6.07, 6.45) is -4.74. The van der Waals surface area contributed by atoms with Gasteiger partial charge in [0.25, 0.3) is 0 Å². The number of nitriles is 1. The molecule has 1 amide bonds. The molecule has 0 aliphatic carbocycles. The third-order valence-corrected chi connectivity index (χ3v) is 2.16. The lowest BCUT2D eigenvalue weighted by atomic mass is 10.1. The van der Waals surface area contributed by atoms with Gasteiger partial charge in [0.15, 0.2) is 0 Å². The number of amides is 1. The van der Waals surface area contributed by atoms with Crippen molar-refractivity contribution in [2.24, 2.45) is 0 Å². The number of rotatable bonds is 2. The number of esters is 1. The molecule has 1 aromatic carbocycles. The number of carbonyl (C=O) groups excluding carboxylic acids is 2. The van der Waals surface area contributed by atoms with Crippen LogP contribution in [0.4, 0.5) is 18.9 Å². The van der Waals surface area contributed by atoms with Crippen LogP contribution in [0.15, 0.2) is 18.2 Å². The molecular weight excluding hydrogens is 277 g/mol. The number of hydrogen-bond acceptors (Lipinski definition) is 4. The fraction of sp³-hybridized carbons (Fsp3) is 0.250. The highest BCUT2D eigenvalue weighted by atomic mass is 19.4. The first-order valence-electron chi connectivity index (χ1n) is 5.39. The number of nitrogens with zero attached hydrogens (tertiary/aromatic N) is 1. The van der Waals surface area contributed by atoms with Gasteiger partial charge in [-0.3, -0.25) is 4.79 Å². The van der Waals surface area contributed by atoms with Crippen LogP contribution in [0.1, 0.15) is 18.1 Å². The van der Waals surface area contributed by atoms with Crippen molar-refractivity contribution in [1.29, 1.82) is 5.26 Å². The largest absolute Gasteiger partial charge is 0.459 e. The SMILES string of the molecule is CCOC(=O)C(=O)Nc1ccc(C#N)c(C(F)(F)F)c1. The molecule has 20 heavy (non-hydrogen) atoms. The van der Waals surface area contributed by atoms with Gasteiger partial charge in [-0.2, -0.15) is 18.4 Å². The normalized spacial score (nSPS) is 10.6. The van der Waals surface area contributed by atoms with Crippen molar-refractivity contribution in [3.63, 3.8) is 0 Å². The average molecular weight is 286 g/mol. The molecule has 0 fully saturated rings. The second-order valence-corrected chi connectivity index (χ2v) is 3.54. The molecule has 0 saturated carbocycles. The van der Waals surface area contributed by atoms with E-state index in [9.17, 15) is 22.8 Å². The molecule has 0 aliphatic heterocycles. The Kier molecular flexibility index (Phi) is 4.69. The number of benzene rings is 1. The molecular formula is C12H9F3N2O3. The molecule has 1 aromatic rings. The molecule has 0 spiro atoms. The molecule has 0 unspecified atom stereocenters. The van der Waals surface area contributed by atoms with Crippen LogP contribution in [-0.2, 0) is 20.5 Å².